The number of hydrogen-bond donors (Lipinski definition) is 3. The molecule has 0 saturated heterocycles. The van der Waals surface area contributed by atoms with E-state index in [4.69, 9.17) is 9.97 Å². The molecule has 1 fully saturated rings. The highest BCUT2D eigenvalue weighted by molar-refractivity contribution is 7.98. The minimum Gasteiger partial charge on any atom is -0.362 e. The fraction of sp³-hybridized carbons (Fsp3) is 0.414. The average molecular weight is 545 g/mol. The highest BCUT2D eigenvalue weighted by atomic mass is 32.2. The zero-order chi connectivity index (χ0) is 27.0. The third-order valence-electron chi connectivity index (χ3n) is 7.12. The summed E-state index contributed by atoms with van der Waals surface area (Å²) < 4.78 is 2.89. The molecule has 2 aliphatic rings. The minimum atomic E-state index is -0.169. The summed E-state index contributed by atoms with van der Waals surface area (Å²) in [5.41, 5.74) is 4.07. The smallest absolute Gasteiger partial charge is 0.325 e. The normalized spacial score (nSPS) is 18.8. The first-order valence-electron chi connectivity index (χ1n) is 13.7. The van der Waals surface area contributed by atoms with Crippen molar-refractivity contribution in [2.75, 3.05) is 24.3 Å². The lowest BCUT2D eigenvalue weighted by Gasteiger charge is -2.30. The molecule has 0 spiro atoms. The SMILES string of the molecule is CN(C)c1nc(NC2CCC(NC(=O)NSc3ccc(N=Nc4ccccc4)cc3)CC2)nc2c1CCCC2. The molecule has 3 aromatic rings. The van der Waals surface area contributed by atoms with Crippen LogP contribution < -0.4 is 20.3 Å². The molecule has 1 heterocycles. The van der Waals surface area contributed by atoms with Gasteiger partial charge in [0.05, 0.1) is 17.1 Å². The van der Waals surface area contributed by atoms with Crippen molar-refractivity contribution >= 4 is 41.1 Å². The van der Waals surface area contributed by atoms with Crippen LogP contribution in [0.2, 0.25) is 0 Å². The van der Waals surface area contributed by atoms with Gasteiger partial charge in [0, 0.05) is 36.6 Å². The lowest BCUT2D eigenvalue weighted by molar-refractivity contribution is 0.237. The molecular weight excluding hydrogens is 508 g/mol. The summed E-state index contributed by atoms with van der Waals surface area (Å²) in [5.74, 6) is 1.77. The molecule has 2 amide bonds. The van der Waals surface area contributed by atoms with Gasteiger partial charge in [0.15, 0.2) is 0 Å². The van der Waals surface area contributed by atoms with Gasteiger partial charge < -0.3 is 15.5 Å². The monoisotopic (exact) mass is 544 g/mol. The molecule has 204 valence electrons. The Morgan fingerprint density at radius 1 is 0.872 bits per heavy atom. The van der Waals surface area contributed by atoms with E-state index < -0.39 is 0 Å². The van der Waals surface area contributed by atoms with E-state index in [1.54, 1.807) is 0 Å². The number of fused-ring (bicyclic) bond motifs is 1. The van der Waals surface area contributed by atoms with Gasteiger partial charge in [0.1, 0.15) is 5.82 Å². The Morgan fingerprint density at radius 2 is 1.54 bits per heavy atom. The highest BCUT2D eigenvalue weighted by Gasteiger charge is 2.25. The maximum Gasteiger partial charge on any atom is 0.325 e. The second kappa shape index (κ2) is 12.9. The number of rotatable bonds is 8. The molecule has 0 aliphatic heterocycles. The molecule has 0 bridgehead atoms. The number of carbonyl (C=O) groups is 1. The van der Waals surface area contributed by atoms with Crippen LogP contribution in [0.5, 0.6) is 0 Å². The molecule has 3 N–H and O–H groups in total. The minimum absolute atomic E-state index is 0.159. The van der Waals surface area contributed by atoms with Crippen molar-refractivity contribution in [2.45, 2.75) is 68.3 Å². The van der Waals surface area contributed by atoms with Crippen LogP contribution in [0.4, 0.5) is 27.9 Å². The number of carbonyl (C=O) groups excluding carboxylic acids is 1. The molecule has 2 aromatic carbocycles. The molecule has 1 aromatic heterocycles. The van der Waals surface area contributed by atoms with Crippen LogP contribution in [0.15, 0.2) is 69.7 Å². The van der Waals surface area contributed by atoms with Gasteiger partial charge in [-0.15, -0.1) is 0 Å². The topological polar surface area (TPSA) is 107 Å². The Hall–Kier alpha value is -3.66. The van der Waals surface area contributed by atoms with E-state index in [1.807, 2.05) is 54.6 Å². The number of nitrogens with zero attached hydrogens (tertiary/aromatic N) is 5. The quantitative estimate of drug-likeness (QED) is 0.219. The maximum absolute atomic E-state index is 12.5. The van der Waals surface area contributed by atoms with Crippen LogP contribution in [0.3, 0.4) is 0 Å². The Labute approximate surface area is 234 Å². The van der Waals surface area contributed by atoms with Gasteiger partial charge in [0.25, 0.3) is 0 Å². The van der Waals surface area contributed by atoms with Gasteiger partial charge in [-0.3, -0.25) is 4.72 Å². The zero-order valence-electron chi connectivity index (χ0n) is 22.6. The zero-order valence-corrected chi connectivity index (χ0v) is 23.4. The van der Waals surface area contributed by atoms with Crippen molar-refractivity contribution in [3.63, 3.8) is 0 Å². The van der Waals surface area contributed by atoms with Gasteiger partial charge in [-0.05, 0) is 99.7 Å². The van der Waals surface area contributed by atoms with Crippen molar-refractivity contribution in [1.29, 1.82) is 0 Å². The average Bonchev–Trinajstić information content (AvgIpc) is 2.96. The number of nitrogens with one attached hydrogen (secondary N) is 3. The molecule has 5 rings (SSSR count). The lowest BCUT2D eigenvalue weighted by atomic mass is 9.91. The number of hydrogen-bond acceptors (Lipinski definition) is 8. The number of aromatic nitrogens is 2. The first-order chi connectivity index (χ1) is 19.0. The number of aryl methyl sites for hydroxylation is 1. The van der Waals surface area contributed by atoms with Crippen LogP contribution in [0, 0.1) is 0 Å². The van der Waals surface area contributed by atoms with Gasteiger partial charge >= 0.3 is 6.03 Å². The molecule has 0 unspecified atom stereocenters. The first kappa shape index (κ1) is 26.9. The second-order valence-electron chi connectivity index (χ2n) is 10.3. The number of benzene rings is 2. The van der Waals surface area contributed by atoms with E-state index in [0.717, 1.165) is 66.6 Å². The summed E-state index contributed by atoms with van der Waals surface area (Å²) >= 11 is 1.29. The number of azo groups is 1. The van der Waals surface area contributed by atoms with E-state index in [9.17, 15) is 4.79 Å². The van der Waals surface area contributed by atoms with Gasteiger partial charge in [-0.25, -0.2) is 9.78 Å². The van der Waals surface area contributed by atoms with E-state index in [0.29, 0.717) is 6.04 Å². The Morgan fingerprint density at radius 3 is 2.26 bits per heavy atom. The van der Waals surface area contributed by atoms with Crippen molar-refractivity contribution in [3.05, 3.63) is 65.9 Å². The predicted octanol–water partition coefficient (Wildman–Crippen LogP) is 6.57. The van der Waals surface area contributed by atoms with Crippen molar-refractivity contribution < 1.29 is 4.79 Å². The van der Waals surface area contributed by atoms with Gasteiger partial charge in [-0.1, -0.05) is 18.2 Å². The van der Waals surface area contributed by atoms with E-state index in [2.05, 4.69) is 44.6 Å². The van der Waals surface area contributed by atoms with Gasteiger partial charge in [0.2, 0.25) is 5.95 Å². The fourth-order valence-corrected chi connectivity index (χ4v) is 5.63. The van der Waals surface area contributed by atoms with E-state index in [-0.39, 0.29) is 12.1 Å². The number of urea groups is 1. The molecule has 2 aliphatic carbocycles. The first-order valence-corrected chi connectivity index (χ1v) is 14.5. The number of anilines is 2. The Kier molecular flexibility index (Phi) is 8.93. The van der Waals surface area contributed by atoms with E-state index >= 15 is 0 Å². The van der Waals surface area contributed by atoms with Crippen LogP contribution in [-0.2, 0) is 12.8 Å². The maximum atomic E-state index is 12.5. The largest absolute Gasteiger partial charge is 0.362 e. The Balaban J connectivity index is 1.05. The van der Waals surface area contributed by atoms with Crippen molar-refractivity contribution in [1.82, 2.24) is 20.0 Å². The molecule has 10 heteroatoms. The molecular formula is C29H36N8OS. The molecule has 9 nitrogen and oxygen atoms in total. The summed E-state index contributed by atoms with van der Waals surface area (Å²) in [4.78, 5) is 25.2. The lowest BCUT2D eigenvalue weighted by Crippen LogP contribution is -2.43. The standard InChI is InChI=1S/C29H36N8OS/c1-37(2)27-25-10-6-7-11-26(25)32-28(33-27)30-20-12-14-21(15-13-20)31-29(38)36-39-24-18-16-23(17-19-24)35-34-22-8-4-3-5-9-22/h3-5,8-9,16-21H,6-7,10-15H2,1-2H3,(H,30,32,33)(H2,31,36,38). The molecule has 39 heavy (non-hydrogen) atoms. The third-order valence-corrected chi connectivity index (χ3v) is 7.91. The summed E-state index contributed by atoms with van der Waals surface area (Å²) in [6, 6.07) is 17.5. The summed E-state index contributed by atoms with van der Waals surface area (Å²) in [7, 11) is 4.10. The molecule has 0 atom stereocenters. The molecule has 1 saturated carbocycles. The summed E-state index contributed by atoms with van der Waals surface area (Å²) in [6.45, 7) is 0. The van der Waals surface area contributed by atoms with Crippen LogP contribution in [0.1, 0.15) is 49.8 Å². The molecule has 0 radical (unpaired) electrons. The van der Waals surface area contributed by atoms with E-state index in [1.165, 1.54) is 36.0 Å². The number of amides is 2. The fourth-order valence-electron chi connectivity index (χ4n) is 5.08. The van der Waals surface area contributed by atoms with Gasteiger partial charge in [-0.2, -0.15) is 15.2 Å². The van der Waals surface area contributed by atoms with Crippen molar-refractivity contribution in [3.8, 4) is 0 Å². The van der Waals surface area contributed by atoms with Crippen LogP contribution >= 0.6 is 11.9 Å². The third kappa shape index (κ3) is 7.47. The van der Waals surface area contributed by atoms with Crippen LogP contribution in [-0.4, -0.2) is 42.2 Å². The van der Waals surface area contributed by atoms with Crippen molar-refractivity contribution in [2.24, 2.45) is 10.2 Å². The van der Waals surface area contributed by atoms with Crippen LogP contribution in [0.25, 0.3) is 0 Å². The summed E-state index contributed by atoms with van der Waals surface area (Å²) in [5, 5.41) is 15.2. The Bertz CT molecular complexity index is 1270. The highest BCUT2D eigenvalue weighted by Crippen LogP contribution is 2.29. The predicted molar refractivity (Wildman–Crippen MR) is 157 cm³/mol. The summed E-state index contributed by atoms with van der Waals surface area (Å²) in [6.07, 6.45) is 8.27. The second-order valence-corrected chi connectivity index (χ2v) is 11.2.